The van der Waals surface area contributed by atoms with Gasteiger partial charge < -0.3 is 5.73 Å². The Morgan fingerprint density at radius 3 is 2.45 bits per heavy atom. The fourth-order valence-electron chi connectivity index (χ4n) is 1.97. The number of hydrogen-bond donors (Lipinski definition) is 2. The van der Waals surface area contributed by atoms with Crippen molar-refractivity contribution in [3.8, 4) is 0 Å². The van der Waals surface area contributed by atoms with Crippen molar-refractivity contribution in [2.24, 2.45) is 10.8 Å². The van der Waals surface area contributed by atoms with E-state index >= 15 is 0 Å². The van der Waals surface area contributed by atoms with Crippen LogP contribution in [0.2, 0.25) is 10.0 Å². The average Bonchev–Trinajstić information content (AvgIpc) is 2.51. The van der Waals surface area contributed by atoms with Gasteiger partial charge in [0.1, 0.15) is 0 Å². The van der Waals surface area contributed by atoms with Crippen LogP contribution in [0.5, 0.6) is 0 Å². The second kappa shape index (κ2) is 8.13. The van der Waals surface area contributed by atoms with Crippen molar-refractivity contribution in [2.45, 2.75) is 12.8 Å². The van der Waals surface area contributed by atoms with Gasteiger partial charge >= 0.3 is 0 Å². The van der Waals surface area contributed by atoms with Crippen LogP contribution in [0.4, 0.5) is 0 Å². The van der Waals surface area contributed by atoms with Gasteiger partial charge in [0, 0.05) is 0 Å². The molecule has 0 bridgehead atoms. The third kappa shape index (κ3) is 4.98. The first-order valence-corrected chi connectivity index (χ1v) is 7.84. The molecule has 0 aliphatic heterocycles. The molecule has 0 radical (unpaired) electrons. The summed E-state index contributed by atoms with van der Waals surface area (Å²) in [6.45, 7) is 0. The van der Waals surface area contributed by atoms with Gasteiger partial charge in [-0.2, -0.15) is 5.10 Å². The van der Waals surface area contributed by atoms with Gasteiger partial charge in [0.2, 0.25) is 0 Å². The monoisotopic (exact) mass is 351 g/mol. The summed E-state index contributed by atoms with van der Waals surface area (Å²) in [7, 11) is 0. The van der Waals surface area contributed by atoms with Crippen molar-refractivity contribution in [1.29, 1.82) is 0 Å². The van der Waals surface area contributed by atoms with Gasteiger partial charge in [0.05, 0.1) is 15.8 Å². The highest BCUT2D eigenvalue weighted by atomic mass is 35.5. The first kappa shape index (κ1) is 16.7. The van der Waals surface area contributed by atoms with Crippen molar-refractivity contribution in [2.75, 3.05) is 0 Å². The molecule has 114 valence electrons. The summed E-state index contributed by atoms with van der Waals surface area (Å²) < 4.78 is 0. The summed E-state index contributed by atoms with van der Waals surface area (Å²) in [5.74, 6) is 0. The third-order valence-corrected chi connectivity index (χ3v) is 3.88. The third-order valence-electron chi connectivity index (χ3n) is 3.05. The molecule has 0 saturated heterocycles. The lowest BCUT2D eigenvalue weighted by Gasteiger charge is -2.09. The van der Waals surface area contributed by atoms with E-state index in [0.29, 0.717) is 10.0 Å². The van der Waals surface area contributed by atoms with Gasteiger partial charge in [0.15, 0.2) is 5.11 Å². The number of thiocarbonyl (C=S) groups is 1. The standard InChI is InChI=1S/C16H15Cl2N3S/c17-13-8-7-12(10-14(13)18)15(20-21-16(19)22)9-6-11-4-2-1-3-5-11/h1-5,7-8,10H,6,9H2,(H3,19,21,22)/b20-15+. The predicted octanol–water partition coefficient (Wildman–Crippen LogP) is 4.16. The van der Waals surface area contributed by atoms with Gasteiger partial charge in [-0.05, 0) is 48.3 Å². The summed E-state index contributed by atoms with van der Waals surface area (Å²) >= 11 is 16.8. The molecule has 3 N–H and O–H groups in total. The van der Waals surface area contributed by atoms with Crippen molar-refractivity contribution >= 4 is 46.2 Å². The Labute approximate surface area is 145 Å². The lowest BCUT2D eigenvalue weighted by molar-refractivity contribution is 0.974. The SMILES string of the molecule is NC(=S)N/N=C(\CCc1ccccc1)c1ccc(Cl)c(Cl)c1. The molecule has 0 unspecified atom stereocenters. The van der Waals surface area contributed by atoms with Gasteiger partial charge in [-0.15, -0.1) is 0 Å². The number of nitrogens with two attached hydrogens (primary N) is 1. The normalized spacial score (nSPS) is 11.3. The maximum Gasteiger partial charge on any atom is 0.184 e. The molecule has 0 spiro atoms. The minimum Gasteiger partial charge on any atom is -0.375 e. The Hall–Kier alpha value is -1.62. The number of nitrogens with one attached hydrogen (secondary N) is 1. The number of hydrogen-bond acceptors (Lipinski definition) is 2. The van der Waals surface area contributed by atoms with E-state index in [0.717, 1.165) is 24.1 Å². The molecule has 2 aromatic carbocycles. The first-order valence-electron chi connectivity index (χ1n) is 6.67. The molecule has 0 aromatic heterocycles. The summed E-state index contributed by atoms with van der Waals surface area (Å²) in [6, 6.07) is 15.6. The van der Waals surface area contributed by atoms with E-state index < -0.39 is 0 Å². The molecule has 3 nitrogen and oxygen atoms in total. The molecule has 6 heteroatoms. The van der Waals surface area contributed by atoms with E-state index in [2.05, 4.69) is 22.7 Å². The molecular formula is C16H15Cl2N3S. The Bertz CT molecular complexity index is 687. The molecule has 0 amide bonds. The molecule has 0 heterocycles. The largest absolute Gasteiger partial charge is 0.375 e. The topological polar surface area (TPSA) is 50.4 Å². The van der Waals surface area contributed by atoms with E-state index in [1.807, 2.05) is 24.3 Å². The highest BCUT2D eigenvalue weighted by Crippen LogP contribution is 2.23. The Morgan fingerprint density at radius 1 is 1.09 bits per heavy atom. The number of rotatable bonds is 5. The van der Waals surface area contributed by atoms with Crippen LogP contribution in [0.3, 0.4) is 0 Å². The van der Waals surface area contributed by atoms with Crippen LogP contribution in [0.15, 0.2) is 53.6 Å². The fraction of sp³-hybridized carbons (Fsp3) is 0.125. The Morgan fingerprint density at radius 2 is 1.82 bits per heavy atom. The zero-order valence-corrected chi connectivity index (χ0v) is 14.1. The number of hydrazone groups is 1. The molecule has 22 heavy (non-hydrogen) atoms. The molecule has 0 aliphatic carbocycles. The fourth-order valence-corrected chi connectivity index (χ4v) is 2.31. The van der Waals surface area contributed by atoms with Crippen LogP contribution in [0.1, 0.15) is 17.5 Å². The highest BCUT2D eigenvalue weighted by Gasteiger charge is 2.08. The molecule has 2 rings (SSSR count). The van der Waals surface area contributed by atoms with E-state index in [9.17, 15) is 0 Å². The van der Waals surface area contributed by atoms with E-state index in [1.54, 1.807) is 12.1 Å². The van der Waals surface area contributed by atoms with Crippen LogP contribution in [-0.4, -0.2) is 10.8 Å². The van der Waals surface area contributed by atoms with Crippen LogP contribution in [0.25, 0.3) is 0 Å². The molecule has 0 atom stereocenters. The Kier molecular flexibility index (Phi) is 6.19. The van der Waals surface area contributed by atoms with Gasteiger partial charge in [-0.3, -0.25) is 5.43 Å². The van der Waals surface area contributed by atoms with Gasteiger partial charge in [-0.1, -0.05) is 59.6 Å². The number of halogens is 2. The summed E-state index contributed by atoms with van der Waals surface area (Å²) in [4.78, 5) is 0. The first-order chi connectivity index (χ1) is 10.6. The summed E-state index contributed by atoms with van der Waals surface area (Å²) in [5.41, 5.74) is 11.0. The van der Waals surface area contributed by atoms with Crippen LogP contribution in [-0.2, 0) is 6.42 Å². The lowest BCUT2D eigenvalue weighted by atomic mass is 10.0. The van der Waals surface area contributed by atoms with Gasteiger partial charge in [0.25, 0.3) is 0 Å². The second-order valence-corrected chi connectivity index (χ2v) is 5.90. The minimum absolute atomic E-state index is 0.122. The van der Waals surface area contributed by atoms with Crippen LogP contribution >= 0.6 is 35.4 Å². The van der Waals surface area contributed by atoms with Crippen molar-refractivity contribution < 1.29 is 0 Å². The second-order valence-electron chi connectivity index (χ2n) is 4.65. The average molecular weight is 352 g/mol. The molecular weight excluding hydrogens is 337 g/mol. The molecule has 2 aromatic rings. The van der Waals surface area contributed by atoms with E-state index in [4.69, 9.17) is 41.2 Å². The maximum atomic E-state index is 6.08. The van der Waals surface area contributed by atoms with E-state index in [1.165, 1.54) is 5.56 Å². The summed E-state index contributed by atoms with van der Waals surface area (Å²) in [6.07, 6.45) is 1.57. The maximum absolute atomic E-state index is 6.08. The van der Waals surface area contributed by atoms with Crippen LogP contribution in [0, 0.1) is 0 Å². The highest BCUT2D eigenvalue weighted by molar-refractivity contribution is 7.80. The predicted molar refractivity (Wildman–Crippen MR) is 97.7 cm³/mol. The van der Waals surface area contributed by atoms with Crippen molar-refractivity contribution in [3.05, 3.63) is 69.7 Å². The molecule has 0 fully saturated rings. The van der Waals surface area contributed by atoms with Gasteiger partial charge in [-0.25, -0.2) is 0 Å². The number of aryl methyl sites for hydroxylation is 1. The molecule has 0 aliphatic rings. The quantitative estimate of drug-likeness (QED) is 0.483. The van der Waals surface area contributed by atoms with E-state index in [-0.39, 0.29) is 5.11 Å². The minimum atomic E-state index is 0.122. The van der Waals surface area contributed by atoms with Crippen molar-refractivity contribution in [3.63, 3.8) is 0 Å². The smallest absolute Gasteiger partial charge is 0.184 e. The zero-order chi connectivity index (χ0) is 15.9. The van der Waals surface area contributed by atoms with Crippen molar-refractivity contribution in [1.82, 2.24) is 5.43 Å². The Balaban J connectivity index is 2.20. The zero-order valence-electron chi connectivity index (χ0n) is 11.7. The number of benzene rings is 2. The number of nitrogens with zero attached hydrogens (tertiary/aromatic N) is 1. The van der Waals surface area contributed by atoms with Crippen LogP contribution < -0.4 is 11.2 Å². The summed E-state index contributed by atoms with van der Waals surface area (Å²) in [5, 5.41) is 5.40. The lowest BCUT2D eigenvalue weighted by Crippen LogP contribution is -2.25. The molecule has 0 saturated carbocycles.